The molecule has 15 nitrogen and oxygen atoms in total. The minimum atomic E-state index is -3.52. The van der Waals surface area contributed by atoms with Crippen LogP contribution in [0.15, 0.2) is 81.2 Å². The molecule has 70 heavy (non-hydrogen) atoms. The van der Waals surface area contributed by atoms with Gasteiger partial charge in [0.2, 0.25) is 0 Å². The molecule has 2 aromatic carbocycles. The number of rotatable bonds is 23. The molecule has 0 saturated carbocycles. The molecule has 386 valence electrons. The van der Waals surface area contributed by atoms with Gasteiger partial charge in [-0.25, -0.2) is 16.8 Å². The van der Waals surface area contributed by atoms with Crippen molar-refractivity contribution < 1.29 is 35.9 Å². The van der Waals surface area contributed by atoms with Gasteiger partial charge < -0.3 is 35.6 Å². The van der Waals surface area contributed by atoms with E-state index < -0.39 is 20.0 Å². The Balaban J connectivity index is 0.000000230. The molecule has 4 aromatic rings. The van der Waals surface area contributed by atoms with Crippen molar-refractivity contribution >= 4 is 54.5 Å². The number of benzene rings is 2. The largest absolute Gasteiger partial charge is 0.497 e. The van der Waals surface area contributed by atoms with Crippen molar-refractivity contribution in [2.75, 3.05) is 73.1 Å². The summed E-state index contributed by atoms with van der Waals surface area (Å²) < 4.78 is 66.9. The fourth-order valence-electron chi connectivity index (χ4n) is 8.99. The second kappa shape index (κ2) is 27.8. The standard InChI is InChI=1S/C26H39N3O4S2.C25H36N4O4S2/c1-4-6-8-20(5-2)18-27-22-13-15-29(16-14-22)35(31,32)25-12-11-24(34-25)19-28-26(30)21-9-7-10-23(17-21)33-3;1-33-22-7-5-6-20(18-22)25(30)27-19-23-8-9-24(34-23)35(31,32)29-15-10-21(11-16-29)26-12-17-28-13-3-2-4-14-28/h7,9-12,17,20,22,27H,4-6,8,13-16,18-19H2,1-3H3,(H,28,30);5-9,18,21,26H,2-4,10-17,19H2,1H3,(H,27,30). The number of piperidine rings is 3. The number of nitrogens with one attached hydrogen (secondary N) is 4. The number of likely N-dealkylation sites (tertiary alicyclic amines) is 1. The highest BCUT2D eigenvalue weighted by molar-refractivity contribution is 7.91. The first kappa shape index (κ1) is 55.4. The second-order valence-electron chi connectivity index (χ2n) is 18.3. The van der Waals surface area contributed by atoms with Gasteiger partial charge in [0.05, 0.1) is 27.3 Å². The molecule has 4 N–H and O–H groups in total. The Morgan fingerprint density at radius 1 is 0.657 bits per heavy atom. The van der Waals surface area contributed by atoms with Gasteiger partial charge in [-0.2, -0.15) is 8.61 Å². The molecule has 1 atom stereocenters. The first-order chi connectivity index (χ1) is 33.8. The van der Waals surface area contributed by atoms with Gasteiger partial charge in [-0.05, 0) is 131 Å². The molecule has 0 aliphatic carbocycles. The van der Waals surface area contributed by atoms with Crippen molar-refractivity contribution in [3.8, 4) is 11.5 Å². The molecule has 5 heterocycles. The number of ether oxygens (including phenoxy) is 2. The monoisotopic (exact) mass is 1040 g/mol. The van der Waals surface area contributed by atoms with Crippen LogP contribution in [0.3, 0.4) is 0 Å². The van der Waals surface area contributed by atoms with E-state index in [9.17, 15) is 26.4 Å². The van der Waals surface area contributed by atoms with Crippen molar-refractivity contribution in [1.29, 1.82) is 0 Å². The molecule has 0 radical (unpaired) electrons. The van der Waals surface area contributed by atoms with Crippen LogP contribution >= 0.6 is 22.7 Å². The summed E-state index contributed by atoms with van der Waals surface area (Å²) in [5, 5.41) is 13.0. The number of amides is 2. The van der Waals surface area contributed by atoms with E-state index in [0.717, 1.165) is 55.1 Å². The number of carbonyl (C=O) groups is 2. The molecule has 2 amide bonds. The lowest BCUT2D eigenvalue weighted by atomic mass is 9.98. The Morgan fingerprint density at radius 3 is 1.60 bits per heavy atom. The van der Waals surface area contributed by atoms with Crippen LogP contribution in [-0.4, -0.2) is 127 Å². The molecule has 3 saturated heterocycles. The molecule has 3 fully saturated rings. The summed E-state index contributed by atoms with van der Waals surface area (Å²) in [5.74, 6) is 1.48. The fraction of sp³-hybridized carbons (Fsp3) is 0.569. The molecule has 0 bridgehead atoms. The van der Waals surface area contributed by atoms with E-state index in [1.807, 2.05) is 0 Å². The molecule has 2 aromatic heterocycles. The van der Waals surface area contributed by atoms with Crippen LogP contribution in [0.2, 0.25) is 0 Å². The number of hydrogen-bond acceptors (Lipinski definition) is 13. The Morgan fingerprint density at radius 2 is 1.14 bits per heavy atom. The summed E-state index contributed by atoms with van der Waals surface area (Å²) in [4.78, 5) is 29.0. The maximum Gasteiger partial charge on any atom is 0.252 e. The topological polar surface area (TPSA) is 179 Å². The normalized spacial score (nSPS) is 17.3. The molecule has 19 heteroatoms. The van der Waals surface area contributed by atoms with Crippen molar-refractivity contribution in [3.63, 3.8) is 0 Å². The van der Waals surface area contributed by atoms with Crippen LogP contribution < -0.4 is 30.7 Å². The van der Waals surface area contributed by atoms with E-state index in [4.69, 9.17) is 9.47 Å². The minimum absolute atomic E-state index is 0.225. The molecule has 3 aliphatic heterocycles. The van der Waals surface area contributed by atoms with Crippen LogP contribution in [-0.2, 0) is 33.1 Å². The third kappa shape index (κ3) is 16.3. The first-order valence-electron chi connectivity index (χ1n) is 25.0. The van der Waals surface area contributed by atoms with E-state index in [2.05, 4.69) is 40.0 Å². The highest BCUT2D eigenvalue weighted by Crippen LogP contribution is 2.29. The predicted octanol–water partition coefficient (Wildman–Crippen LogP) is 7.56. The van der Waals surface area contributed by atoms with Crippen molar-refractivity contribution in [1.82, 2.24) is 34.8 Å². The zero-order valence-corrected chi connectivity index (χ0v) is 44.7. The maximum absolute atomic E-state index is 13.2. The number of hydrogen-bond donors (Lipinski definition) is 4. The summed E-state index contributed by atoms with van der Waals surface area (Å²) >= 11 is 2.44. The summed E-state index contributed by atoms with van der Waals surface area (Å²) in [6.07, 6.45) is 12.2. The van der Waals surface area contributed by atoms with Crippen LogP contribution in [0.4, 0.5) is 0 Å². The Hall–Kier alpha value is -3.92. The Labute approximate surface area is 425 Å². The molecule has 3 aliphatic rings. The lowest BCUT2D eigenvalue weighted by molar-refractivity contribution is 0.0943. The van der Waals surface area contributed by atoms with Gasteiger partial charge >= 0.3 is 0 Å². The third-order valence-electron chi connectivity index (χ3n) is 13.4. The number of sulfonamides is 2. The number of nitrogens with zero attached hydrogens (tertiary/aromatic N) is 3. The summed E-state index contributed by atoms with van der Waals surface area (Å²) in [6, 6.07) is 21.5. The fourth-order valence-corrected chi connectivity index (χ4v) is 14.8. The van der Waals surface area contributed by atoms with Crippen molar-refractivity contribution in [2.45, 2.75) is 118 Å². The highest BCUT2D eigenvalue weighted by atomic mass is 32.3. The molecular formula is C51H75N7O8S4. The summed E-state index contributed by atoms with van der Waals surface area (Å²) in [6.45, 7) is 12.6. The zero-order valence-electron chi connectivity index (χ0n) is 41.5. The van der Waals surface area contributed by atoms with E-state index >= 15 is 0 Å². The molecular weight excluding hydrogens is 967 g/mol. The van der Waals surface area contributed by atoms with Gasteiger partial charge in [0.15, 0.2) is 0 Å². The zero-order chi connectivity index (χ0) is 49.9. The van der Waals surface area contributed by atoms with Gasteiger partial charge in [-0.15, -0.1) is 22.7 Å². The average molecular weight is 1040 g/mol. The van der Waals surface area contributed by atoms with E-state index in [1.165, 1.54) is 80.7 Å². The number of carbonyl (C=O) groups excluding carboxylic acids is 2. The highest BCUT2D eigenvalue weighted by Gasteiger charge is 2.32. The summed E-state index contributed by atoms with van der Waals surface area (Å²) in [5.41, 5.74) is 1.00. The third-order valence-corrected chi connectivity index (χ3v) is 20.3. The number of thiophene rings is 2. The maximum atomic E-state index is 13.2. The quantitative estimate of drug-likeness (QED) is 0.0577. The van der Waals surface area contributed by atoms with E-state index in [0.29, 0.717) is 75.2 Å². The SMILES string of the molecule is CCCCC(CC)CNC1CCN(S(=O)(=O)c2ccc(CNC(=O)c3cccc(OC)c3)s2)CC1.COc1cccc(C(=O)NCc2ccc(S(=O)(=O)N3CCC(NCCN4CCCCC4)CC3)s2)c1. The average Bonchev–Trinajstić information content (AvgIpc) is 4.10. The van der Waals surface area contributed by atoms with Crippen LogP contribution in [0.25, 0.3) is 0 Å². The van der Waals surface area contributed by atoms with E-state index in [1.54, 1.807) is 95.6 Å². The smallest absolute Gasteiger partial charge is 0.252 e. The second-order valence-corrected chi connectivity index (χ2v) is 25.0. The van der Waals surface area contributed by atoms with Crippen LogP contribution in [0.1, 0.15) is 115 Å². The van der Waals surface area contributed by atoms with Gasteiger partial charge in [-0.3, -0.25) is 9.59 Å². The van der Waals surface area contributed by atoms with Crippen LogP contribution in [0, 0.1) is 5.92 Å². The number of methoxy groups -OCH3 is 2. The van der Waals surface area contributed by atoms with Gasteiger partial charge in [0.25, 0.3) is 31.9 Å². The molecule has 0 spiro atoms. The first-order valence-corrected chi connectivity index (χ1v) is 29.6. The number of unbranched alkanes of at least 4 members (excludes halogenated alkanes) is 1. The lowest BCUT2D eigenvalue weighted by Crippen LogP contribution is -2.46. The van der Waals surface area contributed by atoms with Gasteiger partial charge in [0.1, 0.15) is 19.9 Å². The summed E-state index contributed by atoms with van der Waals surface area (Å²) in [7, 11) is -3.92. The Kier molecular flexibility index (Phi) is 22.0. The molecule has 1 unspecified atom stereocenters. The Bertz CT molecular complexity index is 2460. The van der Waals surface area contributed by atoms with Gasteiger partial charge in [0, 0.05) is 72.2 Å². The lowest BCUT2D eigenvalue weighted by Gasteiger charge is -2.32. The minimum Gasteiger partial charge on any atom is -0.497 e. The molecule has 7 rings (SSSR count). The van der Waals surface area contributed by atoms with Crippen LogP contribution in [0.5, 0.6) is 11.5 Å². The van der Waals surface area contributed by atoms with Gasteiger partial charge in [-0.1, -0.05) is 51.7 Å². The van der Waals surface area contributed by atoms with E-state index in [-0.39, 0.29) is 24.9 Å². The van der Waals surface area contributed by atoms with Crippen molar-refractivity contribution in [3.05, 3.63) is 93.7 Å². The van der Waals surface area contributed by atoms with Crippen molar-refractivity contribution in [2.24, 2.45) is 5.92 Å². The predicted molar refractivity (Wildman–Crippen MR) is 280 cm³/mol.